The number of carbonyl (C=O) groups is 1. The molecular weight excluding hydrogens is 348 g/mol. The Kier molecular flexibility index (Phi) is 6.76. The highest BCUT2D eigenvalue weighted by atomic mass is 16.2. The van der Waals surface area contributed by atoms with Gasteiger partial charge in [0, 0.05) is 19.5 Å². The molecule has 3 N–H and O–H groups in total. The minimum Gasteiger partial charge on any atom is -0.342 e. The van der Waals surface area contributed by atoms with Crippen molar-refractivity contribution in [1.29, 1.82) is 0 Å². The number of para-hydroxylation sites is 2. The van der Waals surface area contributed by atoms with E-state index in [1.54, 1.807) is 0 Å². The lowest BCUT2D eigenvalue weighted by molar-refractivity contribution is 0.213. The van der Waals surface area contributed by atoms with Crippen LogP contribution in [0.1, 0.15) is 46.4 Å². The molecule has 2 amide bonds. The third-order valence-corrected chi connectivity index (χ3v) is 6.00. The second-order valence-corrected chi connectivity index (χ2v) is 8.46. The number of aromatic amines is 1. The van der Waals surface area contributed by atoms with Crippen LogP contribution in [-0.4, -0.2) is 29.1 Å². The van der Waals surface area contributed by atoms with E-state index in [2.05, 4.69) is 61.5 Å². The molecule has 1 aromatic heterocycles. The SMILES string of the molecule is CCCNC(=O)NCC1C=C(C)C(Cc2nc3ccccc3[nH]2)CC1C(C)C. The summed E-state index contributed by atoms with van der Waals surface area (Å²) in [6, 6.07) is 8.15. The van der Waals surface area contributed by atoms with E-state index < -0.39 is 0 Å². The number of fused-ring (bicyclic) bond motifs is 1. The summed E-state index contributed by atoms with van der Waals surface area (Å²) in [6.45, 7) is 10.3. The number of benzene rings is 1. The molecule has 5 nitrogen and oxygen atoms in total. The standard InChI is InChI=1S/C23H34N4O/c1-5-10-24-23(28)25-14-18-11-16(4)17(12-19(18)15(2)3)13-22-26-20-8-6-7-9-21(20)27-22/h6-9,11,15,17-19H,5,10,12-14H2,1-4H3,(H,26,27)(H2,24,25,28). The topological polar surface area (TPSA) is 69.8 Å². The number of aromatic nitrogens is 2. The highest BCUT2D eigenvalue weighted by Gasteiger charge is 2.32. The molecule has 0 spiro atoms. The third kappa shape index (κ3) is 4.94. The summed E-state index contributed by atoms with van der Waals surface area (Å²) in [5, 5.41) is 5.96. The first kappa shape index (κ1) is 20.4. The zero-order chi connectivity index (χ0) is 20.1. The van der Waals surface area contributed by atoms with E-state index in [4.69, 9.17) is 4.98 Å². The predicted octanol–water partition coefficient (Wildman–Crippen LogP) is 4.67. The Morgan fingerprint density at radius 2 is 2.07 bits per heavy atom. The number of nitrogens with zero attached hydrogens (tertiary/aromatic N) is 1. The van der Waals surface area contributed by atoms with Gasteiger partial charge in [-0.2, -0.15) is 0 Å². The van der Waals surface area contributed by atoms with Gasteiger partial charge in [-0.15, -0.1) is 0 Å². The molecule has 1 heterocycles. The normalized spacial score (nSPS) is 22.3. The van der Waals surface area contributed by atoms with Crippen LogP contribution >= 0.6 is 0 Å². The maximum Gasteiger partial charge on any atom is 0.314 e. The summed E-state index contributed by atoms with van der Waals surface area (Å²) in [6.07, 6.45) is 5.42. The minimum absolute atomic E-state index is 0.0557. The van der Waals surface area contributed by atoms with Crippen LogP contribution in [0.15, 0.2) is 35.9 Å². The second-order valence-electron chi connectivity index (χ2n) is 8.46. The van der Waals surface area contributed by atoms with Crippen LogP contribution in [0.2, 0.25) is 0 Å². The zero-order valence-electron chi connectivity index (χ0n) is 17.6. The fourth-order valence-electron chi connectivity index (χ4n) is 4.36. The van der Waals surface area contributed by atoms with Crippen LogP contribution in [-0.2, 0) is 6.42 Å². The van der Waals surface area contributed by atoms with E-state index in [-0.39, 0.29) is 6.03 Å². The molecular formula is C23H34N4O. The van der Waals surface area contributed by atoms with Gasteiger partial charge < -0.3 is 15.6 Å². The van der Waals surface area contributed by atoms with Crippen molar-refractivity contribution in [2.45, 2.75) is 47.0 Å². The van der Waals surface area contributed by atoms with Crippen LogP contribution in [0.5, 0.6) is 0 Å². The molecule has 3 rings (SSSR count). The quantitative estimate of drug-likeness (QED) is 0.609. The van der Waals surface area contributed by atoms with Crippen LogP contribution in [0.25, 0.3) is 11.0 Å². The number of allylic oxidation sites excluding steroid dienone is 1. The van der Waals surface area contributed by atoms with Gasteiger partial charge in [0.15, 0.2) is 0 Å². The molecule has 3 atom stereocenters. The van der Waals surface area contributed by atoms with Gasteiger partial charge >= 0.3 is 6.03 Å². The Morgan fingerprint density at radius 3 is 2.79 bits per heavy atom. The third-order valence-electron chi connectivity index (χ3n) is 6.00. The van der Waals surface area contributed by atoms with Gasteiger partial charge in [-0.25, -0.2) is 9.78 Å². The molecule has 0 bridgehead atoms. The smallest absolute Gasteiger partial charge is 0.314 e. The lowest BCUT2D eigenvalue weighted by Gasteiger charge is -2.37. The molecule has 0 aliphatic heterocycles. The Hall–Kier alpha value is -2.30. The summed E-state index contributed by atoms with van der Waals surface area (Å²) in [7, 11) is 0. The fraction of sp³-hybridized carbons (Fsp3) is 0.565. The number of amides is 2. The van der Waals surface area contributed by atoms with Crippen molar-refractivity contribution in [3.8, 4) is 0 Å². The monoisotopic (exact) mass is 382 g/mol. The number of nitrogens with one attached hydrogen (secondary N) is 3. The van der Waals surface area contributed by atoms with Crippen molar-refractivity contribution >= 4 is 17.1 Å². The molecule has 2 aromatic rings. The van der Waals surface area contributed by atoms with Crippen LogP contribution in [0, 0.1) is 23.7 Å². The summed E-state index contributed by atoms with van der Waals surface area (Å²) in [5.74, 6) is 3.09. The number of urea groups is 1. The van der Waals surface area contributed by atoms with Crippen molar-refractivity contribution in [3.63, 3.8) is 0 Å². The predicted molar refractivity (Wildman–Crippen MR) is 115 cm³/mol. The van der Waals surface area contributed by atoms with Crippen LogP contribution < -0.4 is 10.6 Å². The number of imidazole rings is 1. The maximum absolute atomic E-state index is 11.9. The molecule has 0 fully saturated rings. The first-order valence-electron chi connectivity index (χ1n) is 10.6. The molecule has 152 valence electrons. The van der Waals surface area contributed by atoms with Gasteiger partial charge in [0.25, 0.3) is 0 Å². The molecule has 1 aliphatic carbocycles. The van der Waals surface area contributed by atoms with Crippen molar-refractivity contribution in [2.24, 2.45) is 23.7 Å². The second kappa shape index (κ2) is 9.26. The van der Waals surface area contributed by atoms with Gasteiger partial charge in [0.2, 0.25) is 0 Å². The van der Waals surface area contributed by atoms with Crippen LogP contribution in [0.3, 0.4) is 0 Å². The minimum atomic E-state index is -0.0557. The van der Waals surface area contributed by atoms with E-state index in [1.165, 1.54) is 5.57 Å². The Labute approximate surface area is 168 Å². The lowest BCUT2D eigenvalue weighted by atomic mass is 9.70. The number of carbonyl (C=O) groups excluding carboxylic acids is 1. The first-order valence-corrected chi connectivity index (χ1v) is 10.6. The number of hydrogen-bond donors (Lipinski definition) is 3. The van der Waals surface area contributed by atoms with Crippen molar-refractivity contribution in [2.75, 3.05) is 13.1 Å². The summed E-state index contributed by atoms with van der Waals surface area (Å²) < 4.78 is 0. The summed E-state index contributed by atoms with van der Waals surface area (Å²) >= 11 is 0. The number of H-pyrrole nitrogens is 1. The molecule has 0 saturated carbocycles. The average Bonchev–Trinajstić information content (AvgIpc) is 3.08. The number of hydrogen-bond acceptors (Lipinski definition) is 2. The van der Waals surface area contributed by atoms with Gasteiger partial charge in [-0.1, -0.05) is 44.6 Å². The van der Waals surface area contributed by atoms with Crippen LogP contribution in [0.4, 0.5) is 4.79 Å². The summed E-state index contributed by atoms with van der Waals surface area (Å²) in [5.41, 5.74) is 3.56. The highest BCUT2D eigenvalue weighted by molar-refractivity contribution is 5.74. The van der Waals surface area contributed by atoms with E-state index in [1.807, 2.05) is 12.1 Å². The first-order chi connectivity index (χ1) is 13.5. The summed E-state index contributed by atoms with van der Waals surface area (Å²) in [4.78, 5) is 20.2. The van der Waals surface area contributed by atoms with E-state index in [0.717, 1.165) is 42.7 Å². The zero-order valence-corrected chi connectivity index (χ0v) is 17.6. The maximum atomic E-state index is 11.9. The number of rotatable bonds is 7. The molecule has 1 aliphatic rings. The van der Waals surface area contributed by atoms with Gasteiger partial charge in [-0.3, -0.25) is 0 Å². The molecule has 5 heteroatoms. The molecule has 28 heavy (non-hydrogen) atoms. The van der Waals surface area contributed by atoms with Crippen molar-refractivity contribution in [1.82, 2.24) is 20.6 Å². The highest BCUT2D eigenvalue weighted by Crippen LogP contribution is 2.38. The Balaban J connectivity index is 1.68. The van der Waals surface area contributed by atoms with Crippen molar-refractivity contribution < 1.29 is 4.79 Å². The average molecular weight is 383 g/mol. The lowest BCUT2D eigenvalue weighted by Crippen LogP contribution is -2.41. The largest absolute Gasteiger partial charge is 0.342 e. The van der Waals surface area contributed by atoms with E-state index >= 15 is 0 Å². The van der Waals surface area contributed by atoms with Gasteiger partial charge in [-0.05, 0) is 55.6 Å². The van der Waals surface area contributed by atoms with Gasteiger partial charge in [0.1, 0.15) is 5.82 Å². The van der Waals surface area contributed by atoms with Crippen molar-refractivity contribution in [3.05, 3.63) is 41.7 Å². The van der Waals surface area contributed by atoms with Gasteiger partial charge in [0.05, 0.1) is 11.0 Å². The van der Waals surface area contributed by atoms with E-state index in [0.29, 0.717) is 30.2 Å². The van der Waals surface area contributed by atoms with E-state index in [9.17, 15) is 4.79 Å². The molecule has 0 saturated heterocycles. The molecule has 0 radical (unpaired) electrons. The molecule has 1 aromatic carbocycles. The Morgan fingerprint density at radius 1 is 1.29 bits per heavy atom. The fourth-order valence-corrected chi connectivity index (χ4v) is 4.36. The Bertz CT molecular complexity index is 790. The molecule has 3 unspecified atom stereocenters.